The van der Waals surface area contributed by atoms with Gasteiger partial charge in [-0.25, -0.2) is 4.68 Å². The molecule has 1 aliphatic rings. The zero-order chi connectivity index (χ0) is 14.5. The van der Waals surface area contributed by atoms with Crippen LogP contribution >= 0.6 is 0 Å². The van der Waals surface area contributed by atoms with Crippen molar-refractivity contribution < 1.29 is 9.90 Å². The quantitative estimate of drug-likeness (QED) is 0.874. The van der Waals surface area contributed by atoms with Crippen molar-refractivity contribution >= 4 is 5.91 Å². The molecule has 1 aromatic heterocycles. The third kappa shape index (κ3) is 3.36. The zero-order valence-electron chi connectivity index (χ0n) is 12.3. The van der Waals surface area contributed by atoms with E-state index in [2.05, 4.69) is 10.3 Å². The smallest absolute Gasteiger partial charge is 0.247 e. The van der Waals surface area contributed by atoms with Crippen LogP contribution in [0.4, 0.5) is 0 Å². The lowest BCUT2D eigenvalue weighted by Crippen LogP contribution is -2.42. The molecule has 1 aliphatic heterocycles. The molecule has 0 aromatic carbocycles. The fourth-order valence-electron chi connectivity index (χ4n) is 2.68. The molecule has 1 aromatic rings. The third-order valence-electron chi connectivity index (χ3n) is 3.76. The van der Waals surface area contributed by atoms with E-state index in [1.807, 2.05) is 18.7 Å². The highest BCUT2D eigenvalue weighted by molar-refractivity contribution is 5.80. The van der Waals surface area contributed by atoms with Gasteiger partial charge in [0.15, 0.2) is 0 Å². The Labute approximate surface area is 119 Å². The summed E-state index contributed by atoms with van der Waals surface area (Å²) in [6.07, 6.45) is 5.64. The molecule has 2 rings (SSSR count). The lowest BCUT2D eigenvalue weighted by molar-refractivity contribution is -0.137. The first-order valence-corrected chi connectivity index (χ1v) is 7.44. The van der Waals surface area contributed by atoms with Gasteiger partial charge >= 0.3 is 0 Å². The SMILES string of the molecule is CC(C)[C@@H](C(=O)N1CCCCC1)n1cc(CCO)nn1. The third-order valence-corrected chi connectivity index (χ3v) is 3.76. The molecule has 1 amide bonds. The molecule has 0 bridgehead atoms. The molecule has 20 heavy (non-hydrogen) atoms. The molecule has 0 saturated carbocycles. The fourth-order valence-corrected chi connectivity index (χ4v) is 2.68. The Bertz CT molecular complexity index is 438. The van der Waals surface area contributed by atoms with Crippen LogP contribution < -0.4 is 0 Å². The van der Waals surface area contributed by atoms with Gasteiger partial charge in [0, 0.05) is 32.3 Å². The van der Waals surface area contributed by atoms with Crippen LogP contribution in [0.15, 0.2) is 6.20 Å². The first-order valence-electron chi connectivity index (χ1n) is 7.44. The van der Waals surface area contributed by atoms with Gasteiger partial charge in [-0.15, -0.1) is 5.10 Å². The normalized spacial score (nSPS) is 17.5. The number of aliphatic hydroxyl groups excluding tert-OH is 1. The van der Waals surface area contributed by atoms with Crippen molar-refractivity contribution in [1.29, 1.82) is 0 Å². The lowest BCUT2D eigenvalue weighted by Gasteiger charge is -2.31. The number of hydrogen-bond acceptors (Lipinski definition) is 4. The van der Waals surface area contributed by atoms with Crippen molar-refractivity contribution in [1.82, 2.24) is 19.9 Å². The number of aliphatic hydroxyl groups is 1. The molecule has 1 atom stereocenters. The summed E-state index contributed by atoms with van der Waals surface area (Å²) in [6, 6.07) is -0.298. The molecule has 1 saturated heterocycles. The van der Waals surface area contributed by atoms with Gasteiger partial charge in [0.2, 0.25) is 5.91 Å². The van der Waals surface area contributed by atoms with Gasteiger partial charge < -0.3 is 10.0 Å². The van der Waals surface area contributed by atoms with Crippen LogP contribution in [0.3, 0.4) is 0 Å². The fraction of sp³-hybridized carbons (Fsp3) is 0.786. The van der Waals surface area contributed by atoms with Crippen molar-refractivity contribution in [2.24, 2.45) is 5.92 Å². The maximum Gasteiger partial charge on any atom is 0.247 e. The van der Waals surface area contributed by atoms with Gasteiger partial charge in [-0.05, 0) is 25.2 Å². The van der Waals surface area contributed by atoms with E-state index in [0.717, 1.165) is 31.6 Å². The summed E-state index contributed by atoms with van der Waals surface area (Å²) in [7, 11) is 0. The Morgan fingerprint density at radius 1 is 1.35 bits per heavy atom. The summed E-state index contributed by atoms with van der Waals surface area (Å²) in [6.45, 7) is 5.80. The molecule has 0 unspecified atom stereocenters. The molecule has 2 heterocycles. The number of piperidine rings is 1. The van der Waals surface area contributed by atoms with Crippen LogP contribution in [0.5, 0.6) is 0 Å². The van der Waals surface area contributed by atoms with Gasteiger partial charge in [0.05, 0.1) is 5.69 Å². The molecule has 112 valence electrons. The minimum atomic E-state index is -0.298. The van der Waals surface area contributed by atoms with E-state index in [1.165, 1.54) is 6.42 Å². The maximum atomic E-state index is 12.7. The maximum absolute atomic E-state index is 12.7. The molecule has 1 N–H and O–H groups in total. The first kappa shape index (κ1) is 15.0. The summed E-state index contributed by atoms with van der Waals surface area (Å²) < 4.78 is 1.66. The molecule has 6 nitrogen and oxygen atoms in total. The lowest BCUT2D eigenvalue weighted by atomic mass is 10.0. The predicted octanol–water partition coefficient (Wildman–Crippen LogP) is 1.02. The van der Waals surface area contributed by atoms with E-state index in [0.29, 0.717) is 6.42 Å². The zero-order valence-corrected chi connectivity index (χ0v) is 12.3. The number of likely N-dealkylation sites (tertiary alicyclic amines) is 1. The molecule has 1 fully saturated rings. The second-order valence-electron chi connectivity index (χ2n) is 5.74. The standard InChI is InChI=1S/C14H24N4O2/c1-11(2)13(14(20)17-7-4-3-5-8-17)18-10-12(6-9-19)15-16-18/h10-11,13,19H,3-9H2,1-2H3/t13-/m0/s1. The number of nitrogens with zero attached hydrogens (tertiary/aromatic N) is 4. The van der Waals surface area contributed by atoms with Crippen LogP contribution in [0.1, 0.15) is 44.8 Å². The molecule has 0 radical (unpaired) electrons. The number of rotatable bonds is 5. The highest BCUT2D eigenvalue weighted by Gasteiger charge is 2.30. The van der Waals surface area contributed by atoms with Crippen LogP contribution in [-0.4, -0.2) is 50.6 Å². The van der Waals surface area contributed by atoms with Gasteiger partial charge in [-0.2, -0.15) is 0 Å². The van der Waals surface area contributed by atoms with Crippen molar-refractivity contribution in [2.75, 3.05) is 19.7 Å². The van der Waals surface area contributed by atoms with Crippen LogP contribution in [0, 0.1) is 5.92 Å². The van der Waals surface area contributed by atoms with Gasteiger partial charge in [-0.1, -0.05) is 19.1 Å². The number of carbonyl (C=O) groups excluding carboxylic acids is 1. The predicted molar refractivity (Wildman–Crippen MR) is 75.1 cm³/mol. The molecular weight excluding hydrogens is 256 g/mol. The number of carbonyl (C=O) groups is 1. The minimum absolute atomic E-state index is 0.0467. The Morgan fingerprint density at radius 2 is 2.05 bits per heavy atom. The van der Waals surface area contributed by atoms with Gasteiger partial charge in [0.1, 0.15) is 6.04 Å². The van der Waals surface area contributed by atoms with Crippen LogP contribution in [-0.2, 0) is 11.2 Å². The molecule has 6 heteroatoms. The first-order chi connectivity index (χ1) is 9.63. The summed E-state index contributed by atoms with van der Waals surface area (Å²) in [5, 5.41) is 17.0. The second kappa shape index (κ2) is 6.83. The molecule has 0 aliphatic carbocycles. The second-order valence-corrected chi connectivity index (χ2v) is 5.74. The number of hydrogen-bond donors (Lipinski definition) is 1. The Hall–Kier alpha value is -1.43. The van der Waals surface area contributed by atoms with Crippen molar-refractivity contribution in [2.45, 2.75) is 45.6 Å². The van der Waals surface area contributed by atoms with Crippen molar-refractivity contribution in [3.05, 3.63) is 11.9 Å². The Morgan fingerprint density at radius 3 is 2.65 bits per heavy atom. The molecular formula is C14H24N4O2. The Kier molecular flexibility index (Phi) is 5.11. The van der Waals surface area contributed by atoms with E-state index in [-0.39, 0.29) is 24.5 Å². The summed E-state index contributed by atoms with van der Waals surface area (Å²) in [5.74, 6) is 0.299. The number of aromatic nitrogens is 3. The van der Waals surface area contributed by atoms with E-state index >= 15 is 0 Å². The largest absolute Gasteiger partial charge is 0.396 e. The minimum Gasteiger partial charge on any atom is -0.396 e. The van der Waals surface area contributed by atoms with Crippen LogP contribution in [0.2, 0.25) is 0 Å². The van der Waals surface area contributed by atoms with Crippen molar-refractivity contribution in [3.8, 4) is 0 Å². The monoisotopic (exact) mass is 280 g/mol. The average Bonchev–Trinajstić information content (AvgIpc) is 2.88. The van der Waals surface area contributed by atoms with Gasteiger partial charge in [-0.3, -0.25) is 4.79 Å². The molecule has 0 spiro atoms. The Balaban J connectivity index is 2.14. The summed E-state index contributed by atoms with van der Waals surface area (Å²) in [4.78, 5) is 14.6. The average molecular weight is 280 g/mol. The topological polar surface area (TPSA) is 71.2 Å². The van der Waals surface area contributed by atoms with E-state index < -0.39 is 0 Å². The summed E-state index contributed by atoms with van der Waals surface area (Å²) in [5.41, 5.74) is 0.726. The van der Waals surface area contributed by atoms with E-state index in [1.54, 1.807) is 10.9 Å². The van der Waals surface area contributed by atoms with Gasteiger partial charge in [0.25, 0.3) is 0 Å². The summed E-state index contributed by atoms with van der Waals surface area (Å²) >= 11 is 0. The van der Waals surface area contributed by atoms with E-state index in [9.17, 15) is 4.79 Å². The number of amides is 1. The van der Waals surface area contributed by atoms with E-state index in [4.69, 9.17) is 5.11 Å². The highest BCUT2D eigenvalue weighted by atomic mass is 16.3. The van der Waals surface area contributed by atoms with Crippen molar-refractivity contribution in [3.63, 3.8) is 0 Å². The highest BCUT2D eigenvalue weighted by Crippen LogP contribution is 2.22. The van der Waals surface area contributed by atoms with Crippen LogP contribution in [0.25, 0.3) is 0 Å².